The van der Waals surface area contributed by atoms with Crippen LogP contribution < -0.4 is 10.1 Å². The van der Waals surface area contributed by atoms with E-state index in [0.29, 0.717) is 12.3 Å². The standard InChI is InChI=1S/C16H22N2O5/c1-18(9-8-15(19)20)16(21)17-12-4-6-13(7-5-12)23-11-14-3-2-10-22-14/h4-7,14H,2-3,8-11H2,1H3,(H,17,21)(H,19,20). The number of anilines is 1. The largest absolute Gasteiger partial charge is 0.491 e. The lowest BCUT2D eigenvalue weighted by Gasteiger charge is -2.17. The summed E-state index contributed by atoms with van der Waals surface area (Å²) in [5.74, 6) is -0.213. The number of urea groups is 1. The summed E-state index contributed by atoms with van der Waals surface area (Å²) in [6, 6.07) is 6.70. The monoisotopic (exact) mass is 322 g/mol. The molecule has 0 bridgehead atoms. The summed E-state index contributed by atoms with van der Waals surface area (Å²) in [6.07, 6.45) is 2.18. The van der Waals surface area contributed by atoms with Gasteiger partial charge in [0.2, 0.25) is 0 Å². The Bertz CT molecular complexity index is 526. The summed E-state index contributed by atoms with van der Waals surface area (Å²) >= 11 is 0. The zero-order valence-corrected chi connectivity index (χ0v) is 13.2. The minimum absolute atomic E-state index is 0.0834. The molecule has 0 aromatic heterocycles. The maximum Gasteiger partial charge on any atom is 0.321 e. The Labute approximate surface area is 135 Å². The maximum atomic E-state index is 11.9. The lowest BCUT2D eigenvalue weighted by Crippen LogP contribution is -2.33. The zero-order valence-electron chi connectivity index (χ0n) is 13.2. The number of amides is 2. The second kappa shape index (κ2) is 8.38. The number of benzene rings is 1. The molecule has 1 unspecified atom stereocenters. The van der Waals surface area contributed by atoms with E-state index >= 15 is 0 Å². The molecule has 0 saturated carbocycles. The number of carboxylic acid groups (broad SMARTS) is 1. The van der Waals surface area contributed by atoms with Gasteiger partial charge in [-0.3, -0.25) is 4.79 Å². The zero-order chi connectivity index (χ0) is 16.7. The van der Waals surface area contributed by atoms with Gasteiger partial charge in [-0.15, -0.1) is 0 Å². The van der Waals surface area contributed by atoms with Crippen molar-refractivity contribution in [2.24, 2.45) is 0 Å². The van der Waals surface area contributed by atoms with Crippen LogP contribution in [0.1, 0.15) is 19.3 Å². The van der Waals surface area contributed by atoms with Crippen molar-refractivity contribution in [1.29, 1.82) is 0 Å². The smallest absolute Gasteiger partial charge is 0.321 e. The highest BCUT2D eigenvalue weighted by Gasteiger charge is 2.16. The SMILES string of the molecule is CN(CCC(=O)O)C(=O)Nc1ccc(OCC2CCCO2)cc1. The van der Waals surface area contributed by atoms with Crippen LogP contribution in [0.15, 0.2) is 24.3 Å². The number of hydrogen-bond acceptors (Lipinski definition) is 4. The predicted octanol–water partition coefficient (Wildman–Crippen LogP) is 2.18. The molecule has 1 heterocycles. The summed E-state index contributed by atoms with van der Waals surface area (Å²) < 4.78 is 11.1. The first kappa shape index (κ1) is 17.1. The van der Waals surface area contributed by atoms with Gasteiger partial charge < -0.3 is 24.8 Å². The highest BCUT2D eigenvalue weighted by Crippen LogP contribution is 2.18. The van der Waals surface area contributed by atoms with Gasteiger partial charge in [-0.05, 0) is 37.1 Å². The van der Waals surface area contributed by atoms with Gasteiger partial charge in [-0.1, -0.05) is 0 Å². The first-order valence-corrected chi connectivity index (χ1v) is 7.63. The van der Waals surface area contributed by atoms with Gasteiger partial charge in [0.1, 0.15) is 12.4 Å². The van der Waals surface area contributed by atoms with Crippen molar-refractivity contribution < 1.29 is 24.2 Å². The van der Waals surface area contributed by atoms with Gasteiger partial charge in [0, 0.05) is 25.9 Å². The van der Waals surface area contributed by atoms with E-state index in [1.807, 2.05) is 0 Å². The van der Waals surface area contributed by atoms with Crippen LogP contribution in [0.3, 0.4) is 0 Å². The van der Waals surface area contributed by atoms with Crippen LogP contribution in [0.5, 0.6) is 5.75 Å². The van der Waals surface area contributed by atoms with Gasteiger partial charge in [0.25, 0.3) is 0 Å². The number of hydrogen-bond donors (Lipinski definition) is 2. The van der Waals surface area contributed by atoms with Crippen LogP contribution in [0, 0.1) is 0 Å². The van der Waals surface area contributed by atoms with Crippen molar-refractivity contribution in [3.63, 3.8) is 0 Å². The molecule has 2 amide bonds. The van der Waals surface area contributed by atoms with Crippen LogP contribution in [0.25, 0.3) is 0 Å². The average molecular weight is 322 g/mol. The minimum atomic E-state index is -0.933. The summed E-state index contributed by atoms with van der Waals surface area (Å²) in [6.45, 7) is 1.49. The molecule has 1 aliphatic heterocycles. The Hall–Kier alpha value is -2.28. The van der Waals surface area contributed by atoms with Crippen LogP contribution in [0.2, 0.25) is 0 Å². The number of ether oxygens (including phenoxy) is 2. The molecule has 7 heteroatoms. The fourth-order valence-corrected chi connectivity index (χ4v) is 2.18. The molecule has 1 aliphatic rings. The molecular formula is C16H22N2O5. The molecule has 1 aromatic carbocycles. The van der Waals surface area contributed by atoms with E-state index in [9.17, 15) is 9.59 Å². The van der Waals surface area contributed by atoms with Crippen molar-refractivity contribution >= 4 is 17.7 Å². The quantitative estimate of drug-likeness (QED) is 0.803. The van der Waals surface area contributed by atoms with Gasteiger partial charge >= 0.3 is 12.0 Å². The number of aliphatic carboxylic acids is 1. The second-order valence-electron chi connectivity index (χ2n) is 5.47. The predicted molar refractivity (Wildman–Crippen MR) is 84.8 cm³/mol. The van der Waals surface area contributed by atoms with E-state index in [1.54, 1.807) is 31.3 Å². The number of rotatable bonds is 7. The molecule has 2 rings (SSSR count). The molecule has 126 valence electrons. The van der Waals surface area contributed by atoms with E-state index in [4.69, 9.17) is 14.6 Å². The van der Waals surface area contributed by atoms with Crippen LogP contribution in [0.4, 0.5) is 10.5 Å². The second-order valence-corrected chi connectivity index (χ2v) is 5.47. The molecule has 1 atom stereocenters. The molecule has 7 nitrogen and oxygen atoms in total. The van der Waals surface area contributed by atoms with Crippen molar-refractivity contribution in [1.82, 2.24) is 4.90 Å². The number of carbonyl (C=O) groups is 2. The molecule has 1 fully saturated rings. The van der Waals surface area contributed by atoms with Crippen molar-refractivity contribution in [2.45, 2.75) is 25.4 Å². The summed E-state index contributed by atoms with van der Waals surface area (Å²) in [5.41, 5.74) is 0.627. The van der Waals surface area contributed by atoms with Crippen LogP contribution in [-0.4, -0.2) is 54.9 Å². The van der Waals surface area contributed by atoms with Gasteiger partial charge in [0.05, 0.1) is 12.5 Å². The minimum Gasteiger partial charge on any atom is -0.491 e. The molecule has 0 aliphatic carbocycles. The molecule has 1 aromatic rings. The van der Waals surface area contributed by atoms with Gasteiger partial charge in [0.15, 0.2) is 0 Å². The molecule has 1 saturated heterocycles. The third-order valence-corrected chi connectivity index (χ3v) is 3.57. The van der Waals surface area contributed by atoms with Crippen molar-refractivity contribution in [2.75, 3.05) is 32.1 Å². The third-order valence-electron chi connectivity index (χ3n) is 3.57. The van der Waals surface area contributed by atoms with Crippen LogP contribution in [-0.2, 0) is 9.53 Å². The molecule has 0 radical (unpaired) electrons. The van der Waals surface area contributed by atoms with Crippen molar-refractivity contribution in [3.8, 4) is 5.75 Å². The Morgan fingerprint density at radius 1 is 1.39 bits per heavy atom. The highest BCUT2D eigenvalue weighted by atomic mass is 16.5. The average Bonchev–Trinajstić information content (AvgIpc) is 3.05. The fourth-order valence-electron chi connectivity index (χ4n) is 2.18. The molecule has 2 N–H and O–H groups in total. The maximum absolute atomic E-state index is 11.9. The molecule has 0 spiro atoms. The normalized spacial score (nSPS) is 16.8. The Kier molecular flexibility index (Phi) is 6.22. The van der Waals surface area contributed by atoms with Gasteiger partial charge in [-0.2, -0.15) is 0 Å². The van der Waals surface area contributed by atoms with Crippen LogP contribution >= 0.6 is 0 Å². The number of nitrogens with one attached hydrogen (secondary N) is 1. The third kappa shape index (κ3) is 5.78. The Morgan fingerprint density at radius 3 is 2.74 bits per heavy atom. The van der Waals surface area contributed by atoms with E-state index < -0.39 is 5.97 Å². The van der Waals surface area contributed by atoms with E-state index in [-0.39, 0.29) is 25.1 Å². The van der Waals surface area contributed by atoms with E-state index in [1.165, 1.54) is 4.90 Å². The number of carbonyl (C=O) groups excluding carboxylic acids is 1. The summed E-state index contributed by atoms with van der Waals surface area (Å²) in [4.78, 5) is 23.7. The number of carboxylic acids is 1. The van der Waals surface area contributed by atoms with Gasteiger partial charge in [-0.25, -0.2) is 4.79 Å². The van der Waals surface area contributed by atoms with E-state index in [0.717, 1.165) is 25.2 Å². The first-order valence-electron chi connectivity index (χ1n) is 7.63. The van der Waals surface area contributed by atoms with Crippen molar-refractivity contribution in [3.05, 3.63) is 24.3 Å². The fraction of sp³-hybridized carbons (Fsp3) is 0.500. The Morgan fingerprint density at radius 2 is 2.13 bits per heavy atom. The highest BCUT2D eigenvalue weighted by molar-refractivity contribution is 5.89. The molecule has 23 heavy (non-hydrogen) atoms. The molecular weight excluding hydrogens is 300 g/mol. The lowest BCUT2D eigenvalue weighted by molar-refractivity contribution is -0.137. The van der Waals surface area contributed by atoms with E-state index in [2.05, 4.69) is 5.32 Å². The lowest BCUT2D eigenvalue weighted by atomic mass is 10.2. The number of nitrogens with zero attached hydrogens (tertiary/aromatic N) is 1. The summed E-state index contributed by atoms with van der Waals surface area (Å²) in [5, 5.41) is 11.3. The topological polar surface area (TPSA) is 88.1 Å². The Balaban J connectivity index is 1.77. The summed E-state index contributed by atoms with van der Waals surface area (Å²) in [7, 11) is 1.55. The first-order chi connectivity index (χ1) is 11.0.